The van der Waals surface area contributed by atoms with Crippen LogP contribution in [0.3, 0.4) is 0 Å². The van der Waals surface area contributed by atoms with E-state index < -0.39 is 15.8 Å². The number of hydrogen-bond acceptors (Lipinski definition) is 4. The Morgan fingerprint density at radius 3 is 2.48 bits per heavy atom. The summed E-state index contributed by atoms with van der Waals surface area (Å²) in [5.41, 5.74) is 1.22. The molecule has 0 unspecified atom stereocenters. The van der Waals surface area contributed by atoms with Crippen molar-refractivity contribution in [3.05, 3.63) is 64.4 Å². The molecule has 0 bridgehead atoms. The number of nitrogens with two attached hydrogens (primary N) is 1. The summed E-state index contributed by atoms with van der Waals surface area (Å²) >= 11 is 5.99. The topological polar surface area (TPSA) is 92.5 Å². The Morgan fingerprint density at radius 1 is 1.22 bits per heavy atom. The van der Waals surface area contributed by atoms with Gasteiger partial charge in [0.25, 0.3) is 0 Å². The molecule has 2 rings (SSSR count). The molecule has 0 saturated carbocycles. The zero-order valence-corrected chi connectivity index (χ0v) is 16.4. The van der Waals surface area contributed by atoms with Crippen LogP contribution >= 0.6 is 11.6 Å². The Hall–Kier alpha value is -2.00. The van der Waals surface area contributed by atoms with Gasteiger partial charge in [-0.2, -0.15) is 0 Å². The molecule has 0 saturated heterocycles. The standard InChI is InChI=1S/C18H21ClFN3O3S/c1-23(11-15-16(19)3-2-4-17(15)20)12-18(24)22-10-9-13-5-7-14(8-6-13)27(21,25)26/h2-8H,9-12H2,1H3,(H,22,24)(H2,21,25,26). The quantitative estimate of drug-likeness (QED) is 0.691. The lowest BCUT2D eigenvalue weighted by atomic mass is 10.1. The van der Waals surface area contributed by atoms with Crippen molar-refractivity contribution in [2.75, 3.05) is 20.1 Å². The molecular weight excluding hydrogens is 393 g/mol. The van der Waals surface area contributed by atoms with Crippen molar-refractivity contribution in [1.82, 2.24) is 10.2 Å². The minimum absolute atomic E-state index is 0.0451. The van der Waals surface area contributed by atoms with Gasteiger partial charge in [-0.15, -0.1) is 0 Å². The SMILES string of the molecule is CN(CC(=O)NCCc1ccc(S(N)(=O)=O)cc1)Cc1c(F)cccc1Cl. The van der Waals surface area contributed by atoms with Crippen LogP contribution in [0.25, 0.3) is 0 Å². The van der Waals surface area contributed by atoms with Gasteiger partial charge in [-0.05, 0) is 43.3 Å². The van der Waals surface area contributed by atoms with E-state index in [0.717, 1.165) is 5.56 Å². The lowest BCUT2D eigenvalue weighted by Gasteiger charge is -2.17. The molecule has 2 aromatic rings. The Kier molecular flexibility index (Phi) is 7.32. The number of nitrogens with one attached hydrogen (secondary N) is 1. The summed E-state index contributed by atoms with van der Waals surface area (Å²) in [7, 11) is -2.01. The van der Waals surface area contributed by atoms with E-state index in [2.05, 4.69) is 5.32 Å². The van der Waals surface area contributed by atoms with Crippen molar-refractivity contribution in [2.24, 2.45) is 5.14 Å². The van der Waals surface area contributed by atoms with Crippen LogP contribution in [0.4, 0.5) is 4.39 Å². The monoisotopic (exact) mass is 413 g/mol. The minimum atomic E-state index is -3.71. The predicted molar refractivity (Wildman–Crippen MR) is 102 cm³/mol. The van der Waals surface area contributed by atoms with Gasteiger partial charge in [0.1, 0.15) is 5.82 Å². The van der Waals surface area contributed by atoms with E-state index in [1.54, 1.807) is 30.1 Å². The van der Waals surface area contributed by atoms with E-state index in [-0.39, 0.29) is 23.9 Å². The Balaban J connectivity index is 1.79. The largest absolute Gasteiger partial charge is 0.355 e. The maximum absolute atomic E-state index is 13.8. The molecule has 0 heterocycles. The maximum atomic E-state index is 13.8. The third kappa shape index (κ3) is 6.59. The van der Waals surface area contributed by atoms with Crippen molar-refractivity contribution in [3.8, 4) is 0 Å². The molecule has 2 aromatic carbocycles. The molecule has 0 aliphatic rings. The number of hydrogen-bond donors (Lipinski definition) is 2. The molecule has 0 aliphatic heterocycles. The number of primary sulfonamides is 1. The van der Waals surface area contributed by atoms with Crippen LogP contribution < -0.4 is 10.5 Å². The van der Waals surface area contributed by atoms with Gasteiger partial charge in [-0.1, -0.05) is 29.8 Å². The van der Waals surface area contributed by atoms with Gasteiger partial charge < -0.3 is 5.32 Å². The second-order valence-electron chi connectivity index (χ2n) is 6.16. The van der Waals surface area contributed by atoms with Crippen molar-refractivity contribution >= 4 is 27.5 Å². The van der Waals surface area contributed by atoms with Gasteiger partial charge >= 0.3 is 0 Å². The van der Waals surface area contributed by atoms with Gasteiger partial charge in [0.2, 0.25) is 15.9 Å². The number of carbonyl (C=O) groups excluding carboxylic acids is 1. The van der Waals surface area contributed by atoms with Gasteiger partial charge in [0, 0.05) is 23.7 Å². The number of amides is 1. The third-order valence-electron chi connectivity index (χ3n) is 3.89. The first kappa shape index (κ1) is 21.3. The summed E-state index contributed by atoms with van der Waals surface area (Å²) in [6.07, 6.45) is 0.541. The maximum Gasteiger partial charge on any atom is 0.238 e. The first-order valence-electron chi connectivity index (χ1n) is 8.16. The first-order valence-corrected chi connectivity index (χ1v) is 10.1. The molecule has 9 heteroatoms. The highest BCUT2D eigenvalue weighted by molar-refractivity contribution is 7.89. The smallest absolute Gasteiger partial charge is 0.238 e. The van der Waals surface area contributed by atoms with Crippen LogP contribution in [0.5, 0.6) is 0 Å². The number of sulfonamides is 1. The number of nitrogens with zero attached hydrogens (tertiary/aromatic N) is 1. The Bertz CT molecular complexity index is 884. The van der Waals surface area contributed by atoms with Crippen LogP contribution in [0.1, 0.15) is 11.1 Å². The zero-order chi connectivity index (χ0) is 20.0. The summed E-state index contributed by atoms with van der Waals surface area (Å²) in [6, 6.07) is 10.6. The molecule has 6 nitrogen and oxygen atoms in total. The number of halogens is 2. The highest BCUT2D eigenvalue weighted by atomic mass is 35.5. The fourth-order valence-corrected chi connectivity index (χ4v) is 3.24. The fourth-order valence-electron chi connectivity index (χ4n) is 2.50. The van der Waals surface area contributed by atoms with Gasteiger partial charge in [0.15, 0.2) is 0 Å². The van der Waals surface area contributed by atoms with Crippen molar-refractivity contribution in [1.29, 1.82) is 0 Å². The molecule has 27 heavy (non-hydrogen) atoms. The van der Waals surface area contributed by atoms with Crippen LogP contribution in [-0.4, -0.2) is 39.4 Å². The molecule has 0 fully saturated rings. The second kappa shape index (κ2) is 9.27. The second-order valence-corrected chi connectivity index (χ2v) is 8.13. The van der Waals surface area contributed by atoms with E-state index in [4.69, 9.17) is 16.7 Å². The van der Waals surface area contributed by atoms with Crippen molar-refractivity contribution in [3.63, 3.8) is 0 Å². The summed E-state index contributed by atoms with van der Waals surface area (Å²) in [5.74, 6) is -0.608. The predicted octanol–water partition coefficient (Wildman–Crippen LogP) is 1.92. The summed E-state index contributed by atoms with van der Waals surface area (Å²) in [5, 5.41) is 8.14. The van der Waals surface area contributed by atoms with Gasteiger partial charge in [0.05, 0.1) is 11.4 Å². The average Bonchev–Trinajstić information content (AvgIpc) is 2.58. The number of benzene rings is 2. The van der Waals surface area contributed by atoms with Gasteiger partial charge in [-0.25, -0.2) is 17.9 Å². The minimum Gasteiger partial charge on any atom is -0.355 e. The molecule has 146 valence electrons. The number of likely N-dealkylation sites (N-methyl/N-ethyl adjacent to an activating group) is 1. The molecule has 0 atom stereocenters. The van der Waals surface area contributed by atoms with Crippen LogP contribution in [0, 0.1) is 5.82 Å². The molecule has 1 amide bonds. The molecular formula is C18H21ClFN3O3S. The van der Waals surface area contributed by atoms with Crippen molar-refractivity contribution < 1.29 is 17.6 Å². The zero-order valence-electron chi connectivity index (χ0n) is 14.8. The normalized spacial score (nSPS) is 11.6. The summed E-state index contributed by atoms with van der Waals surface area (Å²) < 4.78 is 36.2. The van der Waals surface area contributed by atoms with E-state index in [9.17, 15) is 17.6 Å². The highest BCUT2D eigenvalue weighted by Crippen LogP contribution is 2.20. The average molecular weight is 414 g/mol. The lowest BCUT2D eigenvalue weighted by molar-refractivity contribution is -0.122. The lowest BCUT2D eigenvalue weighted by Crippen LogP contribution is -2.36. The first-order chi connectivity index (χ1) is 12.7. The Morgan fingerprint density at radius 2 is 1.89 bits per heavy atom. The highest BCUT2D eigenvalue weighted by Gasteiger charge is 2.12. The molecule has 3 N–H and O–H groups in total. The fraction of sp³-hybridized carbons (Fsp3) is 0.278. The third-order valence-corrected chi connectivity index (χ3v) is 5.17. The Labute approximate surface area is 163 Å². The van der Waals surface area contributed by atoms with E-state index in [1.807, 2.05) is 0 Å². The van der Waals surface area contributed by atoms with Crippen molar-refractivity contribution in [2.45, 2.75) is 17.9 Å². The molecule has 0 aliphatic carbocycles. The van der Waals surface area contributed by atoms with Gasteiger partial charge in [-0.3, -0.25) is 9.69 Å². The molecule has 0 radical (unpaired) electrons. The van der Waals surface area contributed by atoms with E-state index in [1.165, 1.54) is 24.3 Å². The number of carbonyl (C=O) groups is 1. The van der Waals surface area contributed by atoms with E-state index >= 15 is 0 Å². The molecule has 0 spiro atoms. The summed E-state index contributed by atoms with van der Waals surface area (Å²) in [4.78, 5) is 13.7. The van der Waals surface area contributed by atoms with Crippen LogP contribution in [0.2, 0.25) is 5.02 Å². The van der Waals surface area contributed by atoms with E-state index in [0.29, 0.717) is 23.6 Å². The van der Waals surface area contributed by atoms with Crippen LogP contribution in [-0.2, 0) is 27.8 Å². The number of rotatable bonds is 8. The summed E-state index contributed by atoms with van der Waals surface area (Å²) in [6.45, 7) is 0.699. The molecule has 0 aromatic heterocycles. The van der Waals surface area contributed by atoms with Crippen LogP contribution in [0.15, 0.2) is 47.4 Å².